The number of rotatable bonds is 6. The molecule has 0 aromatic carbocycles. The van der Waals surface area contributed by atoms with E-state index >= 15 is 0 Å². The predicted octanol–water partition coefficient (Wildman–Crippen LogP) is 3.61. The molecule has 2 atom stereocenters. The van der Waals surface area contributed by atoms with Crippen molar-refractivity contribution in [3.05, 3.63) is 18.5 Å². The van der Waals surface area contributed by atoms with Gasteiger partial charge in [-0.25, -0.2) is 0 Å². The Morgan fingerprint density at radius 1 is 1.46 bits per heavy atom. The zero-order valence-electron chi connectivity index (χ0n) is 15.7. The molecule has 1 aliphatic heterocycles. The molecule has 5 nitrogen and oxygen atoms in total. The average Bonchev–Trinajstić information content (AvgIpc) is 3.01. The minimum atomic E-state index is 0. The van der Waals surface area contributed by atoms with Gasteiger partial charge in [-0.3, -0.25) is 9.67 Å². The quantitative estimate of drug-likeness (QED) is 0.412. The fraction of sp³-hybridized carbons (Fsp3) is 0.778. The van der Waals surface area contributed by atoms with Gasteiger partial charge in [0.2, 0.25) is 0 Å². The number of guanidine groups is 1. The van der Waals surface area contributed by atoms with Crippen LogP contribution >= 0.6 is 24.0 Å². The predicted molar refractivity (Wildman–Crippen MR) is 112 cm³/mol. The summed E-state index contributed by atoms with van der Waals surface area (Å²) in [5.74, 6) is 1.57. The van der Waals surface area contributed by atoms with Crippen molar-refractivity contribution in [2.24, 2.45) is 16.3 Å². The van der Waals surface area contributed by atoms with Crippen molar-refractivity contribution in [1.82, 2.24) is 20.0 Å². The van der Waals surface area contributed by atoms with Crippen molar-refractivity contribution < 1.29 is 0 Å². The summed E-state index contributed by atoms with van der Waals surface area (Å²) in [4.78, 5) is 6.96. The molecule has 1 aromatic rings. The van der Waals surface area contributed by atoms with Crippen LogP contribution in [0.2, 0.25) is 0 Å². The van der Waals surface area contributed by atoms with Gasteiger partial charge >= 0.3 is 0 Å². The van der Waals surface area contributed by atoms with Gasteiger partial charge in [-0.2, -0.15) is 5.10 Å². The van der Waals surface area contributed by atoms with Crippen molar-refractivity contribution in [1.29, 1.82) is 0 Å². The lowest BCUT2D eigenvalue weighted by Crippen LogP contribution is -2.50. The minimum absolute atomic E-state index is 0. The first kappa shape index (κ1) is 21.3. The molecule has 24 heavy (non-hydrogen) atoms. The normalized spacial score (nSPS) is 22.8. The van der Waals surface area contributed by atoms with Crippen molar-refractivity contribution in [2.75, 3.05) is 26.7 Å². The first-order valence-electron chi connectivity index (χ1n) is 8.99. The maximum Gasteiger partial charge on any atom is 0.193 e. The van der Waals surface area contributed by atoms with Crippen molar-refractivity contribution >= 4 is 29.9 Å². The molecule has 1 fully saturated rings. The number of nitrogens with zero attached hydrogens (tertiary/aromatic N) is 4. The number of piperidine rings is 1. The van der Waals surface area contributed by atoms with Gasteiger partial charge in [-0.1, -0.05) is 27.2 Å². The Bertz CT molecular complexity index is 484. The van der Waals surface area contributed by atoms with E-state index in [0.717, 1.165) is 32.1 Å². The van der Waals surface area contributed by atoms with E-state index in [9.17, 15) is 0 Å². The van der Waals surface area contributed by atoms with Gasteiger partial charge in [0.05, 0.1) is 0 Å². The number of likely N-dealkylation sites (tertiary alicyclic amines) is 1. The topological polar surface area (TPSA) is 45.5 Å². The van der Waals surface area contributed by atoms with Gasteiger partial charge in [0, 0.05) is 45.6 Å². The number of hydrogen-bond acceptors (Lipinski definition) is 2. The van der Waals surface area contributed by atoms with Crippen molar-refractivity contribution in [2.45, 2.75) is 53.0 Å². The van der Waals surface area contributed by atoms with Crippen LogP contribution in [-0.4, -0.2) is 47.3 Å². The Morgan fingerprint density at radius 3 is 2.88 bits per heavy atom. The molecular weight excluding hydrogens is 413 g/mol. The maximum atomic E-state index is 4.52. The fourth-order valence-electron chi connectivity index (χ4n) is 3.69. The van der Waals surface area contributed by atoms with Crippen LogP contribution in [0, 0.1) is 11.3 Å². The van der Waals surface area contributed by atoms with Gasteiger partial charge in [0.1, 0.15) is 0 Å². The standard InChI is InChI=1S/C18H33N5.HI/c1-5-8-18(3)9-6-11-22(15-18)17(19-4)20-13-16(2)14-23-12-7-10-21-23;/h7,10,12,16H,5-6,8-9,11,13-15H2,1-4H3,(H,19,20);1H. The number of aliphatic imine (C=N–C) groups is 1. The second kappa shape index (κ2) is 10.3. The molecule has 0 spiro atoms. The molecule has 2 heterocycles. The molecule has 1 aromatic heterocycles. The van der Waals surface area contributed by atoms with E-state index in [4.69, 9.17) is 0 Å². The first-order chi connectivity index (χ1) is 11.1. The summed E-state index contributed by atoms with van der Waals surface area (Å²) in [6, 6.07) is 1.97. The summed E-state index contributed by atoms with van der Waals surface area (Å²) in [6.07, 6.45) is 9.02. The molecule has 0 aliphatic carbocycles. The van der Waals surface area contributed by atoms with Crippen LogP contribution in [0.3, 0.4) is 0 Å². The third-order valence-corrected chi connectivity index (χ3v) is 4.81. The van der Waals surface area contributed by atoms with Gasteiger partial charge in [0.25, 0.3) is 0 Å². The van der Waals surface area contributed by atoms with Gasteiger partial charge in [-0.05, 0) is 36.7 Å². The number of halogens is 1. The molecule has 1 saturated heterocycles. The van der Waals surface area contributed by atoms with Crippen molar-refractivity contribution in [3.63, 3.8) is 0 Å². The van der Waals surface area contributed by atoms with E-state index in [1.807, 2.05) is 30.2 Å². The molecule has 0 saturated carbocycles. The fourth-order valence-corrected chi connectivity index (χ4v) is 3.69. The van der Waals surface area contributed by atoms with Crippen molar-refractivity contribution in [3.8, 4) is 0 Å². The van der Waals surface area contributed by atoms with E-state index in [1.165, 1.54) is 25.7 Å². The zero-order chi connectivity index (χ0) is 16.7. The minimum Gasteiger partial charge on any atom is -0.356 e. The molecule has 2 unspecified atom stereocenters. The highest BCUT2D eigenvalue weighted by Crippen LogP contribution is 2.33. The SMILES string of the molecule is CCCC1(C)CCCN(C(=NC)NCC(C)Cn2cccn2)C1.I. The number of aromatic nitrogens is 2. The summed E-state index contributed by atoms with van der Waals surface area (Å²) in [6.45, 7) is 11.1. The Kier molecular flexibility index (Phi) is 9.08. The Balaban J connectivity index is 0.00000288. The molecule has 0 bridgehead atoms. The number of nitrogens with one attached hydrogen (secondary N) is 1. The number of hydrogen-bond donors (Lipinski definition) is 1. The molecule has 1 N–H and O–H groups in total. The van der Waals surface area contributed by atoms with Gasteiger partial charge in [0.15, 0.2) is 5.96 Å². The molecule has 0 radical (unpaired) electrons. The molecule has 2 rings (SSSR count). The average molecular weight is 447 g/mol. The van der Waals surface area contributed by atoms with Crippen LogP contribution < -0.4 is 5.32 Å². The summed E-state index contributed by atoms with van der Waals surface area (Å²) < 4.78 is 1.99. The summed E-state index contributed by atoms with van der Waals surface area (Å²) in [5.41, 5.74) is 0.436. The zero-order valence-corrected chi connectivity index (χ0v) is 18.0. The third kappa shape index (κ3) is 6.26. The largest absolute Gasteiger partial charge is 0.356 e. The van der Waals surface area contributed by atoms with Gasteiger partial charge in [-0.15, -0.1) is 24.0 Å². The maximum absolute atomic E-state index is 4.52. The first-order valence-corrected chi connectivity index (χ1v) is 8.99. The van der Waals surface area contributed by atoms with E-state index in [1.54, 1.807) is 0 Å². The highest BCUT2D eigenvalue weighted by molar-refractivity contribution is 14.0. The Hall–Kier alpha value is -0.790. The van der Waals surface area contributed by atoms with Crippen LogP contribution in [0.5, 0.6) is 0 Å². The van der Waals surface area contributed by atoms with Gasteiger partial charge < -0.3 is 10.2 Å². The molecule has 138 valence electrons. The second-order valence-electron chi connectivity index (χ2n) is 7.35. The molecule has 6 heteroatoms. The van der Waals surface area contributed by atoms with Crippen LogP contribution in [0.25, 0.3) is 0 Å². The van der Waals surface area contributed by atoms with Crippen LogP contribution in [0.15, 0.2) is 23.5 Å². The summed E-state index contributed by atoms with van der Waals surface area (Å²) in [5, 5.41) is 7.85. The van der Waals surface area contributed by atoms with E-state index in [0.29, 0.717) is 11.3 Å². The van der Waals surface area contributed by atoms with E-state index in [-0.39, 0.29) is 24.0 Å². The lowest BCUT2D eigenvalue weighted by molar-refractivity contribution is 0.142. The second-order valence-corrected chi connectivity index (χ2v) is 7.35. The lowest BCUT2D eigenvalue weighted by Gasteiger charge is -2.42. The monoisotopic (exact) mass is 447 g/mol. The summed E-state index contributed by atoms with van der Waals surface area (Å²) >= 11 is 0. The highest BCUT2D eigenvalue weighted by atomic mass is 127. The highest BCUT2D eigenvalue weighted by Gasteiger charge is 2.31. The Morgan fingerprint density at radius 2 is 2.25 bits per heavy atom. The lowest BCUT2D eigenvalue weighted by atomic mass is 9.78. The Labute approximate surface area is 164 Å². The van der Waals surface area contributed by atoms with E-state index in [2.05, 4.69) is 41.1 Å². The summed E-state index contributed by atoms with van der Waals surface area (Å²) in [7, 11) is 1.90. The van der Waals surface area contributed by atoms with Crippen LogP contribution in [-0.2, 0) is 6.54 Å². The third-order valence-electron chi connectivity index (χ3n) is 4.81. The van der Waals surface area contributed by atoms with Crippen LogP contribution in [0.4, 0.5) is 0 Å². The molecular formula is C18H34IN5. The smallest absolute Gasteiger partial charge is 0.193 e. The van der Waals surface area contributed by atoms with Crippen LogP contribution in [0.1, 0.15) is 46.5 Å². The van der Waals surface area contributed by atoms with E-state index < -0.39 is 0 Å². The molecule has 1 aliphatic rings. The molecule has 0 amide bonds.